The van der Waals surface area contributed by atoms with Crippen molar-refractivity contribution >= 4 is 34.5 Å². The van der Waals surface area contributed by atoms with Gasteiger partial charge in [0.15, 0.2) is 0 Å². The van der Waals surface area contributed by atoms with Gasteiger partial charge in [0.25, 0.3) is 5.91 Å². The van der Waals surface area contributed by atoms with Crippen LogP contribution in [0.5, 0.6) is 0 Å². The van der Waals surface area contributed by atoms with Crippen molar-refractivity contribution in [3.05, 3.63) is 33.4 Å². The van der Waals surface area contributed by atoms with Crippen LogP contribution in [0.15, 0.2) is 24.3 Å². The number of carbonyl (C=O) groups excluding carboxylic acids is 2. The van der Waals surface area contributed by atoms with E-state index in [0.717, 1.165) is 3.57 Å². The van der Waals surface area contributed by atoms with Gasteiger partial charge in [-0.15, -0.1) is 0 Å². The molecule has 1 atom stereocenters. The van der Waals surface area contributed by atoms with Crippen LogP contribution in [0, 0.1) is 3.57 Å². The molecule has 0 saturated heterocycles. The topological polar surface area (TPSA) is 55.4 Å². The van der Waals surface area contributed by atoms with Gasteiger partial charge in [0, 0.05) is 15.2 Å². The number of benzene rings is 1. The molecule has 0 heterocycles. The van der Waals surface area contributed by atoms with E-state index in [1.54, 1.807) is 19.1 Å². The van der Waals surface area contributed by atoms with E-state index in [0.29, 0.717) is 5.56 Å². The normalized spacial score (nSPS) is 11.7. The minimum absolute atomic E-state index is 0.173. The van der Waals surface area contributed by atoms with Crippen LogP contribution in [0.3, 0.4) is 0 Å². The summed E-state index contributed by atoms with van der Waals surface area (Å²) in [7, 11) is 1.33. The Balaban J connectivity index is 2.57. The van der Waals surface area contributed by atoms with Crippen LogP contribution in [0.2, 0.25) is 0 Å². The van der Waals surface area contributed by atoms with E-state index >= 15 is 0 Å². The molecule has 0 aliphatic rings. The predicted molar refractivity (Wildman–Crippen MR) is 72.7 cm³/mol. The number of rotatable bonds is 4. The molecule has 0 spiro atoms. The van der Waals surface area contributed by atoms with Crippen LogP contribution in [0.4, 0.5) is 0 Å². The lowest BCUT2D eigenvalue weighted by Gasteiger charge is -2.12. The molecule has 1 aromatic rings. The van der Waals surface area contributed by atoms with Crippen molar-refractivity contribution in [2.24, 2.45) is 0 Å². The third-order valence-electron chi connectivity index (χ3n) is 2.16. The second-order valence-electron chi connectivity index (χ2n) is 3.67. The van der Waals surface area contributed by atoms with E-state index in [-0.39, 0.29) is 24.3 Å². The third kappa shape index (κ3) is 4.72. The van der Waals surface area contributed by atoms with Gasteiger partial charge in [0.05, 0.1) is 13.5 Å². The van der Waals surface area contributed by atoms with Crippen LogP contribution in [0.1, 0.15) is 23.7 Å². The Morgan fingerprint density at radius 1 is 1.47 bits per heavy atom. The van der Waals surface area contributed by atoms with Gasteiger partial charge < -0.3 is 10.1 Å². The first-order valence-corrected chi connectivity index (χ1v) is 6.24. The highest BCUT2D eigenvalue weighted by Crippen LogP contribution is 2.08. The zero-order valence-electron chi connectivity index (χ0n) is 9.70. The minimum Gasteiger partial charge on any atom is -0.469 e. The highest BCUT2D eigenvalue weighted by Gasteiger charge is 2.13. The van der Waals surface area contributed by atoms with Gasteiger partial charge in [-0.3, -0.25) is 9.59 Å². The second kappa shape index (κ2) is 6.58. The number of carbonyl (C=O) groups is 2. The first kappa shape index (κ1) is 14.0. The summed E-state index contributed by atoms with van der Waals surface area (Å²) in [6, 6.07) is 7.02. The van der Waals surface area contributed by atoms with Gasteiger partial charge in [-0.05, 0) is 47.7 Å². The van der Waals surface area contributed by atoms with Crippen molar-refractivity contribution in [3.8, 4) is 0 Å². The number of hydrogen-bond donors (Lipinski definition) is 1. The molecule has 0 aliphatic heterocycles. The predicted octanol–water partition coefficient (Wildman–Crippen LogP) is 1.97. The van der Waals surface area contributed by atoms with E-state index in [1.807, 2.05) is 12.1 Å². The number of ether oxygens (including phenoxy) is 1. The van der Waals surface area contributed by atoms with Gasteiger partial charge >= 0.3 is 5.97 Å². The lowest BCUT2D eigenvalue weighted by molar-refractivity contribution is -0.141. The fourth-order valence-corrected chi connectivity index (χ4v) is 1.86. The standard InChI is InChI=1S/C12H14INO3/c1-8(6-11(15)17-2)14-12(16)9-4-3-5-10(13)7-9/h3-5,7-8H,6H2,1-2H3,(H,14,16). The van der Waals surface area contributed by atoms with E-state index in [9.17, 15) is 9.59 Å². The van der Waals surface area contributed by atoms with Crippen molar-refractivity contribution in [2.75, 3.05) is 7.11 Å². The summed E-state index contributed by atoms with van der Waals surface area (Å²) in [5, 5.41) is 2.75. The third-order valence-corrected chi connectivity index (χ3v) is 2.84. The van der Waals surface area contributed by atoms with Gasteiger partial charge in [-0.2, -0.15) is 0 Å². The first-order chi connectivity index (χ1) is 8.02. The highest BCUT2D eigenvalue weighted by atomic mass is 127. The molecule has 0 fully saturated rings. The summed E-state index contributed by atoms with van der Waals surface area (Å²) in [5.74, 6) is -0.514. The molecule has 0 radical (unpaired) electrons. The van der Waals surface area contributed by atoms with Gasteiger partial charge in [0.1, 0.15) is 0 Å². The molecule has 0 aliphatic carbocycles. The maximum atomic E-state index is 11.8. The Bertz CT molecular complexity index is 420. The van der Waals surface area contributed by atoms with Crippen molar-refractivity contribution in [2.45, 2.75) is 19.4 Å². The number of amides is 1. The molecular formula is C12H14INO3. The Hall–Kier alpha value is -1.11. The molecule has 92 valence electrons. The summed E-state index contributed by atoms with van der Waals surface area (Å²) < 4.78 is 5.53. The van der Waals surface area contributed by atoms with E-state index in [2.05, 4.69) is 32.6 Å². The molecule has 1 rings (SSSR count). The minimum atomic E-state index is -0.333. The number of esters is 1. The van der Waals surface area contributed by atoms with Gasteiger partial charge in [-0.1, -0.05) is 6.07 Å². The van der Waals surface area contributed by atoms with Crippen molar-refractivity contribution < 1.29 is 14.3 Å². The van der Waals surface area contributed by atoms with Gasteiger partial charge in [0.2, 0.25) is 0 Å². The van der Waals surface area contributed by atoms with Crippen LogP contribution in [-0.2, 0) is 9.53 Å². The van der Waals surface area contributed by atoms with Gasteiger partial charge in [-0.25, -0.2) is 0 Å². The Labute approximate surface area is 114 Å². The number of hydrogen-bond acceptors (Lipinski definition) is 3. The quantitative estimate of drug-likeness (QED) is 0.669. The lowest BCUT2D eigenvalue weighted by atomic mass is 10.2. The summed E-state index contributed by atoms with van der Waals surface area (Å²) in [4.78, 5) is 22.8. The largest absolute Gasteiger partial charge is 0.469 e. The summed E-state index contributed by atoms with van der Waals surface area (Å²) in [6.45, 7) is 1.77. The molecular weight excluding hydrogens is 333 g/mol. The Morgan fingerprint density at radius 3 is 2.76 bits per heavy atom. The molecule has 0 saturated carbocycles. The molecule has 5 heteroatoms. The first-order valence-electron chi connectivity index (χ1n) is 5.16. The molecule has 1 N–H and O–H groups in total. The average molecular weight is 347 g/mol. The Kier molecular flexibility index (Phi) is 5.40. The maximum absolute atomic E-state index is 11.8. The average Bonchev–Trinajstić information content (AvgIpc) is 2.28. The second-order valence-corrected chi connectivity index (χ2v) is 4.91. The number of methoxy groups -OCH3 is 1. The van der Waals surface area contributed by atoms with E-state index < -0.39 is 0 Å². The van der Waals surface area contributed by atoms with Crippen molar-refractivity contribution in [1.29, 1.82) is 0 Å². The highest BCUT2D eigenvalue weighted by molar-refractivity contribution is 14.1. The van der Waals surface area contributed by atoms with Crippen LogP contribution < -0.4 is 5.32 Å². The number of halogens is 1. The molecule has 1 aromatic carbocycles. The molecule has 4 nitrogen and oxygen atoms in total. The van der Waals surface area contributed by atoms with Crippen LogP contribution >= 0.6 is 22.6 Å². The van der Waals surface area contributed by atoms with E-state index in [1.165, 1.54) is 7.11 Å². The summed E-state index contributed by atoms with van der Waals surface area (Å²) >= 11 is 2.14. The molecule has 0 aromatic heterocycles. The monoisotopic (exact) mass is 347 g/mol. The van der Waals surface area contributed by atoms with Crippen LogP contribution in [-0.4, -0.2) is 25.0 Å². The molecule has 1 amide bonds. The maximum Gasteiger partial charge on any atom is 0.307 e. The van der Waals surface area contributed by atoms with Crippen molar-refractivity contribution in [1.82, 2.24) is 5.32 Å². The Morgan fingerprint density at radius 2 is 2.18 bits per heavy atom. The fourth-order valence-electron chi connectivity index (χ4n) is 1.32. The lowest BCUT2D eigenvalue weighted by Crippen LogP contribution is -2.34. The zero-order chi connectivity index (χ0) is 12.8. The smallest absolute Gasteiger partial charge is 0.307 e. The van der Waals surface area contributed by atoms with Crippen LogP contribution in [0.25, 0.3) is 0 Å². The van der Waals surface area contributed by atoms with E-state index in [4.69, 9.17) is 0 Å². The summed E-state index contributed by atoms with van der Waals surface area (Å²) in [5.41, 5.74) is 0.591. The summed E-state index contributed by atoms with van der Waals surface area (Å²) in [6.07, 6.45) is 0.173. The molecule has 0 bridgehead atoms. The fraction of sp³-hybridized carbons (Fsp3) is 0.333. The zero-order valence-corrected chi connectivity index (χ0v) is 11.9. The number of nitrogens with one attached hydrogen (secondary N) is 1. The SMILES string of the molecule is COC(=O)CC(C)NC(=O)c1cccc(I)c1. The van der Waals surface area contributed by atoms with Crippen molar-refractivity contribution in [3.63, 3.8) is 0 Å². The molecule has 1 unspecified atom stereocenters. The molecule has 17 heavy (non-hydrogen) atoms.